The Bertz CT molecular complexity index is 732. The van der Waals surface area contributed by atoms with Gasteiger partial charge in [-0.25, -0.2) is 9.59 Å². The molecular formula is C22H34O13. The fourth-order valence-electron chi connectivity index (χ4n) is 3.24. The van der Waals surface area contributed by atoms with E-state index in [-0.39, 0.29) is 0 Å². The maximum atomic E-state index is 11.9. The molecule has 35 heavy (non-hydrogen) atoms. The average Bonchev–Trinajstić information content (AvgIpc) is 2.85. The molecule has 2 saturated heterocycles. The SMILES string of the molecule is CC=C(C)C(=O)OCC1OC(OC2OC(COC(=O)C(C)=CC)C(O)C(O)C2O)C(O)C(O)C1O. The van der Waals surface area contributed by atoms with Gasteiger partial charge >= 0.3 is 11.9 Å². The van der Waals surface area contributed by atoms with Crippen LogP contribution in [0.4, 0.5) is 0 Å². The Kier molecular flexibility index (Phi) is 10.8. The lowest BCUT2D eigenvalue weighted by atomic mass is 9.98. The van der Waals surface area contributed by atoms with E-state index in [9.17, 15) is 40.2 Å². The fraction of sp³-hybridized carbons (Fsp3) is 0.727. The van der Waals surface area contributed by atoms with Crippen molar-refractivity contribution in [1.29, 1.82) is 0 Å². The van der Waals surface area contributed by atoms with Crippen molar-refractivity contribution >= 4 is 11.9 Å². The summed E-state index contributed by atoms with van der Waals surface area (Å²) in [7, 11) is 0. The number of allylic oxidation sites excluding steroid dienone is 2. The Labute approximate surface area is 202 Å². The van der Waals surface area contributed by atoms with Gasteiger partial charge in [0.1, 0.15) is 62.0 Å². The summed E-state index contributed by atoms with van der Waals surface area (Å²) in [6.45, 7) is 5.30. The van der Waals surface area contributed by atoms with Crippen molar-refractivity contribution in [1.82, 2.24) is 0 Å². The summed E-state index contributed by atoms with van der Waals surface area (Å²) < 4.78 is 26.3. The van der Waals surface area contributed by atoms with Gasteiger partial charge in [-0.2, -0.15) is 0 Å². The maximum absolute atomic E-state index is 11.9. The van der Waals surface area contributed by atoms with Crippen molar-refractivity contribution in [3.05, 3.63) is 23.3 Å². The summed E-state index contributed by atoms with van der Waals surface area (Å²) in [4.78, 5) is 23.7. The standard InChI is InChI=1S/C22H34O13/c1-5-9(3)19(29)31-7-11-13(23)15(25)17(27)21(33-11)35-22-18(28)16(26)14(24)12(34-22)8-32-20(30)10(4)6-2/h5-6,11-18,21-28H,7-8H2,1-4H3. The molecule has 0 aliphatic carbocycles. The number of rotatable bonds is 8. The van der Waals surface area contributed by atoms with Gasteiger partial charge < -0.3 is 54.3 Å². The highest BCUT2D eigenvalue weighted by Gasteiger charge is 2.50. The third-order valence-corrected chi connectivity index (χ3v) is 5.87. The molecule has 0 bridgehead atoms. The lowest BCUT2D eigenvalue weighted by Crippen LogP contribution is -2.64. The largest absolute Gasteiger partial charge is 0.459 e. The Morgan fingerprint density at radius 2 is 1.00 bits per heavy atom. The number of carbonyl (C=O) groups is 2. The van der Waals surface area contributed by atoms with E-state index in [4.69, 9.17) is 23.7 Å². The van der Waals surface area contributed by atoms with E-state index in [0.29, 0.717) is 11.1 Å². The van der Waals surface area contributed by atoms with Crippen molar-refractivity contribution in [3.63, 3.8) is 0 Å². The van der Waals surface area contributed by atoms with Crippen LogP contribution < -0.4 is 0 Å². The first-order valence-electron chi connectivity index (χ1n) is 11.1. The average molecular weight is 507 g/mol. The molecule has 0 saturated carbocycles. The van der Waals surface area contributed by atoms with E-state index < -0.39 is 86.6 Å². The van der Waals surface area contributed by atoms with E-state index in [1.165, 1.54) is 26.0 Å². The fourth-order valence-corrected chi connectivity index (χ4v) is 3.24. The molecule has 10 atom stereocenters. The second-order valence-electron chi connectivity index (χ2n) is 8.31. The van der Waals surface area contributed by atoms with Crippen LogP contribution in [-0.2, 0) is 33.3 Å². The molecule has 2 aliphatic rings. The minimum Gasteiger partial charge on any atom is -0.459 e. The quantitative estimate of drug-likeness (QED) is 0.151. The van der Waals surface area contributed by atoms with Gasteiger partial charge in [-0.15, -0.1) is 0 Å². The van der Waals surface area contributed by atoms with Crippen LogP contribution in [0.5, 0.6) is 0 Å². The molecule has 0 spiro atoms. The van der Waals surface area contributed by atoms with Gasteiger partial charge in [0, 0.05) is 11.1 Å². The van der Waals surface area contributed by atoms with Crippen LogP contribution in [0.25, 0.3) is 0 Å². The van der Waals surface area contributed by atoms with E-state index >= 15 is 0 Å². The van der Waals surface area contributed by atoms with Crippen molar-refractivity contribution < 1.29 is 63.9 Å². The van der Waals surface area contributed by atoms with Crippen LogP contribution in [0.15, 0.2) is 23.3 Å². The molecule has 13 heteroatoms. The number of carbonyl (C=O) groups excluding carboxylic acids is 2. The minimum atomic E-state index is -1.82. The predicted molar refractivity (Wildman–Crippen MR) is 115 cm³/mol. The summed E-state index contributed by atoms with van der Waals surface area (Å²) in [6.07, 6.45) is -13.5. The second-order valence-corrected chi connectivity index (χ2v) is 8.31. The van der Waals surface area contributed by atoms with Crippen molar-refractivity contribution in [2.45, 2.75) is 89.1 Å². The molecule has 0 aromatic rings. The number of hydrogen-bond donors (Lipinski definition) is 6. The maximum Gasteiger partial charge on any atom is 0.333 e. The molecule has 0 radical (unpaired) electrons. The second kappa shape index (κ2) is 12.9. The zero-order chi connectivity index (χ0) is 26.4. The van der Waals surface area contributed by atoms with Crippen LogP contribution >= 0.6 is 0 Å². The van der Waals surface area contributed by atoms with Crippen LogP contribution in [0, 0.1) is 0 Å². The van der Waals surface area contributed by atoms with Gasteiger partial charge in [0.2, 0.25) is 0 Å². The van der Waals surface area contributed by atoms with E-state index in [1.54, 1.807) is 13.8 Å². The molecule has 200 valence electrons. The third-order valence-electron chi connectivity index (χ3n) is 5.87. The first kappa shape index (κ1) is 29.3. The number of ether oxygens (including phenoxy) is 5. The monoisotopic (exact) mass is 506 g/mol. The highest BCUT2D eigenvalue weighted by atomic mass is 16.8. The summed E-state index contributed by atoms with van der Waals surface area (Å²) in [6, 6.07) is 0. The first-order chi connectivity index (χ1) is 16.4. The smallest absolute Gasteiger partial charge is 0.333 e. The predicted octanol–water partition coefficient (Wildman–Crippen LogP) is -2.36. The zero-order valence-electron chi connectivity index (χ0n) is 19.9. The zero-order valence-corrected chi connectivity index (χ0v) is 19.9. The van der Waals surface area contributed by atoms with Gasteiger partial charge in [-0.3, -0.25) is 0 Å². The Morgan fingerprint density at radius 3 is 1.31 bits per heavy atom. The van der Waals surface area contributed by atoms with E-state index in [1.807, 2.05) is 0 Å². The highest BCUT2D eigenvalue weighted by Crippen LogP contribution is 2.28. The van der Waals surface area contributed by atoms with Gasteiger partial charge in [-0.1, -0.05) is 12.2 Å². The summed E-state index contributed by atoms with van der Waals surface area (Å²) in [5, 5.41) is 61.4. The molecule has 10 unspecified atom stereocenters. The van der Waals surface area contributed by atoms with Crippen molar-refractivity contribution in [2.75, 3.05) is 13.2 Å². The van der Waals surface area contributed by atoms with Crippen LogP contribution in [0.1, 0.15) is 27.7 Å². The molecule has 0 aromatic heterocycles. The van der Waals surface area contributed by atoms with Crippen LogP contribution in [0.3, 0.4) is 0 Å². The number of aliphatic hydroxyl groups excluding tert-OH is 6. The van der Waals surface area contributed by atoms with Gasteiger partial charge in [0.15, 0.2) is 12.6 Å². The lowest BCUT2D eigenvalue weighted by molar-refractivity contribution is -0.376. The molecule has 2 aliphatic heterocycles. The summed E-state index contributed by atoms with van der Waals surface area (Å²) in [5.74, 6) is -1.37. The minimum absolute atomic E-state index is 0.298. The van der Waals surface area contributed by atoms with Gasteiger partial charge in [0.25, 0.3) is 0 Å². The Hall–Kier alpha value is -1.94. The Morgan fingerprint density at radius 1 is 0.657 bits per heavy atom. The van der Waals surface area contributed by atoms with Crippen LogP contribution in [0.2, 0.25) is 0 Å². The number of aliphatic hydroxyl groups is 6. The molecule has 0 aromatic carbocycles. The van der Waals surface area contributed by atoms with Gasteiger partial charge in [0.05, 0.1) is 0 Å². The van der Waals surface area contributed by atoms with Crippen molar-refractivity contribution in [3.8, 4) is 0 Å². The van der Waals surface area contributed by atoms with Crippen LogP contribution in [-0.4, -0.2) is 117 Å². The topological polar surface area (TPSA) is 202 Å². The summed E-state index contributed by atoms with van der Waals surface area (Å²) in [5.41, 5.74) is 0.595. The number of hydrogen-bond acceptors (Lipinski definition) is 13. The van der Waals surface area contributed by atoms with Gasteiger partial charge in [-0.05, 0) is 27.7 Å². The first-order valence-corrected chi connectivity index (χ1v) is 11.1. The highest BCUT2D eigenvalue weighted by molar-refractivity contribution is 5.88. The molecule has 2 fully saturated rings. The molecule has 6 N–H and O–H groups in total. The third kappa shape index (κ3) is 7.06. The normalized spacial score (nSPS) is 38.7. The van der Waals surface area contributed by atoms with E-state index in [0.717, 1.165) is 0 Å². The number of esters is 2. The van der Waals surface area contributed by atoms with E-state index in [2.05, 4.69) is 0 Å². The Balaban J connectivity index is 2.08. The molecule has 2 rings (SSSR count). The molecular weight excluding hydrogens is 472 g/mol. The molecule has 0 amide bonds. The summed E-state index contributed by atoms with van der Waals surface area (Å²) >= 11 is 0. The molecule has 2 heterocycles. The lowest BCUT2D eigenvalue weighted by Gasteiger charge is -2.44. The molecule has 13 nitrogen and oxygen atoms in total. The van der Waals surface area contributed by atoms with Crippen molar-refractivity contribution in [2.24, 2.45) is 0 Å².